The van der Waals surface area contributed by atoms with Crippen molar-refractivity contribution in [1.29, 1.82) is 0 Å². The number of hydrogen-bond donors (Lipinski definition) is 3. The maximum Gasteiger partial charge on any atom is 0.231 e. The summed E-state index contributed by atoms with van der Waals surface area (Å²) in [6.07, 6.45) is 0.523. The van der Waals surface area contributed by atoms with E-state index in [1.165, 1.54) is 10.5 Å². The molecule has 1 fully saturated rings. The molecule has 1 saturated heterocycles. The fraction of sp³-hybridized carbons (Fsp3) is 0.444. The zero-order valence-corrected chi connectivity index (χ0v) is 14.2. The number of anilines is 1. The van der Waals surface area contributed by atoms with Crippen LogP contribution in [0.1, 0.15) is 17.7 Å². The lowest BCUT2D eigenvalue weighted by Gasteiger charge is -2.29. The van der Waals surface area contributed by atoms with E-state index in [2.05, 4.69) is 40.8 Å². The molecule has 24 heavy (non-hydrogen) atoms. The standard InChI is InChI=1S/C18H24N4O2/c1-15-13-17(20-24-15)19-18(23)7-8-21-9-11-22(12-10-21)14-16-5-3-2-4-6-16/h2-6,13H,7-12,14H2,1H3,(H,19,20,23)/p+2. The monoisotopic (exact) mass is 330 g/mol. The molecule has 0 bridgehead atoms. The number of nitrogens with one attached hydrogen (secondary N) is 3. The summed E-state index contributed by atoms with van der Waals surface area (Å²) in [7, 11) is 0. The Kier molecular flexibility index (Phi) is 5.61. The molecule has 3 rings (SSSR count). The van der Waals surface area contributed by atoms with Crippen molar-refractivity contribution in [1.82, 2.24) is 5.16 Å². The molecule has 0 atom stereocenters. The summed E-state index contributed by atoms with van der Waals surface area (Å²) in [6, 6.07) is 12.4. The summed E-state index contributed by atoms with van der Waals surface area (Å²) >= 11 is 0. The second kappa shape index (κ2) is 8.08. The zero-order valence-electron chi connectivity index (χ0n) is 14.2. The van der Waals surface area contributed by atoms with Crippen molar-refractivity contribution in [2.24, 2.45) is 0 Å². The highest BCUT2D eigenvalue weighted by atomic mass is 16.5. The molecule has 2 heterocycles. The van der Waals surface area contributed by atoms with Gasteiger partial charge in [-0.2, -0.15) is 0 Å². The molecule has 6 heteroatoms. The number of carbonyl (C=O) groups is 1. The number of aryl methyl sites for hydroxylation is 1. The van der Waals surface area contributed by atoms with Gasteiger partial charge in [0, 0.05) is 11.6 Å². The summed E-state index contributed by atoms with van der Waals surface area (Å²) < 4.78 is 4.95. The number of nitrogens with zero attached hydrogens (tertiary/aromatic N) is 1. The van der Waals surface area contributed by atoms with Crippen LogP contribution in [0.3, 0.4) is 0 Å². The SMILES string of the molecule is Cc1cc(NC(=O)CC[NH+]2CC[NH+](Cc3ccccc3)CC2)no1. The third kappa shape index (κ3) is 4.91. The number of rotatable bonds is 6. The van der Waals surface area contributed by atoms with E-state index in [9.17, 15) is 4.79 Å². The van der Waals surface area contributed by atoms with Gasteiger partial charge >= 0.3 is 0 Å². The minimum atomic E-state index is 0.00913. The summed E-state index contributed by atoms with van der Waals surface area (Å²) in [6.45, 7) is 8.35. The van der Waals surface area contributed by atoms with E-state index in [0.717, 1.165) is 39.3 Å². The van der Waals surface area contributed by atoms with E-state index in [1.807, 2.05) is 6.92 Å². The van der Waals surface area contributed by atoms with E-state index in [0.29, 0.717) is 18.0 Å². The molecule has 1 aromatic heterocycles. The van der Waals surface area contributed by atoms with Gasteiger partial charge in [0.25, 0.3) is 0 Å². The molecule has 0 aliphatic carbocycles. The van der Waals surface area contributed by atoms with Crippen LogP contribution in [0.5, 0.6) is 0 Å². The topological polar surface area (TPSA) is 64.0 Å². The number of piperazine rings is 1. The molecule has 1 amide bonds. The van der Waals surface area contributed by atoms with Crippen molar-refractivity contribution in [3.05, 3.63) is 47.7 Å². The van der Waals surface area contributed by atoms with Crippen molar-refractivity contribution >= 4 is 11.7 Å². The van der Waals surface area contributed by atoms with Crippen molar-refractivity contribution in [3.63, 3.8) is 0 Å². The van der Waals surface area contributed by atoms with Gasteiger partial charge in [0.1, 0.15) is 38.5 Å². The second-order valence-electron chi connectivity index (χ2n) is 6.53. The van der Waals surface area contributed by atoms with Crippen LogP contribution in [0, 0.1) is 6.92 Å². The largest absolute Gasteiger partial charge is 0.360 e. The van der Waals surface area contributed by atoms with E-state index in [1.54, 1.807) is 11.0 Å². The van der Waals surface area contributed by atoms with E-state index < -0.39 is 0 Å². The molecule has 2 aromatic rings. The number of amides is 1. The molecular weight excluding hydrogens is 304 g/mol. The molecule has 6 nitrogen and oxygen atoms in total. The van der Waals surface area contributed by atoms with E-state index >= 15 is 0 Å². The van der Waals surface area contributed by atoms with Crippen LogP contribution in [0.4, 0.5) is 5.82 Å². The van der Waals surface area contributed by atoms with Gasteiger partial charge < -0.3 is 19.6 Å². The lowest BCUT2D eigenvalue weighted by atomic mass is 10.2. The van der Waals surface area contributed by atoms with Gasteiger partial charge in [-0.25, -0.2) is 0 Å². The van der Waals surface area contributed by atoms with Crippen molar-refractivity contribution in [3.8, 4) is 0 Å². The van der Waals surface area contributed by atoms with Gasteiger partial charge in [-0.1, -0.05) is 35.5 Å². The first-order valence-corrected chi connectivity index (χ1v) is 8.63. The van der Waals surface area contributed by atoms with Gasteiger partial charge in [-0.05, 0) is 6.92 Å². The maximum absolute atomic E-state index is 12.0. The Morgan fingerprint density at radius 3 is 2.54 bits per heavy atom. The average Bonchev–Trinajstić information content (AvgIpc) is 3.00. The zero-order chi connectivity index (χ0) is 16.8. The van der Waals surface area contributed by atoms with Crippen LogP contribution in [-0.2, 0) is 11.3 Å². The summed E-state index contributed by atoms with van der Waals surface area (Å²) in [5.41, 5.74) is 1.40. The van der Waals surface area contributed by atoms with E-state index in [-0.39, 0.29) is 5.91 Å². The van der Waals surface area contributed by atoms with Crippen LogP contribution in [0.2, 0.25) is 0 Å². The molecule has 0 radical (unpaired) electrons. The maximum atomic E-state index is 12.0. The summed E-state index contributed by atoms with van der Waals surface area (Å²) in [5, 5.41) is 6.56. The third-order valence-electron chi connectivity index (χ3n) is 4.56. The van der Waals surface area contributed by atoms with Gasteiger partial charge in [0.05, 0.1) is 13.0 Å². The van der Waals surface area contributed by atoms with Crippen LogP contribution < -0.4 is 15.1 Å². The molecule has 128 valence electrons. The van der Waals surface area contributed by atoms with Crippen molar-refractivity contribution in [2.75, 3.05) is 38.0 Å². The molecule has 0 unspecified atom stereocenters. The molecule has 0 spiro atoms. The predicted octanol–water partition coefficient (Wildman–Crippen LogP) is -0.705. The first-order valence-electron chi connectivity index (χ1n) is 8.63. The van der Waals surface area contributed by atoms with Gasteiger partial charge in [0.15, 0.2) is 5.82 Å². The van der Waals surface area contributed by atoms with Crippen LogP contribution in [-0.4, -0.2) is 43.8 Å². The third-order valence-corrected chi connectivity index (χ3v) is 4.56. The quantitative estimate of drug-likeness (QED) is 0.656. The number of benzene rings is 1. The van der Waals surface area contributed by atoms with Crippen molar-refractivity contribution < 1.29 is 19.1 Å². The highest BCUT2D eigenvalue weighted by Gasteiger charge is 2.23. The molecule has 1 aromatic carbocycles. The number of quaternary nitrogens is 2. The lowest BCUT2D eigenvalue weighted by molar-refractivity contribution is -1.02. The van der Waals surface area contributed by atoms with Crippen LogP contribution in [0.15, 0.2) is 40.9 Å². The Balaban J connectivity index is 1.35. The summed E-state index contributed by atoms with van der Waals surface area (Å²) in [4.78, 5) is 15.1. The molecule has 1 aliphatic heterocycles. The highest BCUT2D eigenvalue weighted by molar-refractivity contribution is 5.89. The van der Waals surface area contributed by atoms with Gasteiger partial charge in [-0.3, -0.25) is 4.79 Å². The van der Waals surface area contributed by atoms with Crippen LogP contribution >= 0.6 is 0 Å². The number of aromatic nitrogens is 1. The van der Waals surface area contributed by atoms with Gasteiger partial charge in [-0.15, -0.1) is 0 Å². The van der Waals surface area contributed by atoms with Gasteiger partial charge in [0.2, 0.25) is 5.91 Å². The minimum Gasteiger partial charge on any atom is -0.360 e. The Bertz CT molecular complexity index is 648. The first-order chi connectivity index (χ1) is 11.7. The average molecular weight is 330 g/mol. The first kappa shape index (κ1) is 16.7. The summed E-state index contributed by atoms with van der Waals surface area (Å²) in [5.74, 6) is 1.22. The Labute approximate surface area is 142 Å². The Hall–Kier alpha value is -2.18. The molecule has 3 N–H and O–H groups in total. The highest BCUT2D eigenvalue weighted by Crippen LogP contribution is 2.06. The minimum absolute atomic E-state index is 0.00913. The van der Waals surface area contributed by atoms with Crippen LogP contribution in [0.25, 0.3) is 0 Å². The lowest BCUT2D eigenvalue weighted by Crippen LogP contribution is -3.27. The molecule has 1 aliphatic rings. The molecule has 0 saturated carbocycles. The second-order valence-corrected chi connectivity index (χ2v) is 6.53. The Morgan fingerprint density at radius 1 is 1.17 bits per heavy atom. The number of carbonyl (C=O) groups excluding carboxylic acids is 1. The Morgan fingerprint density at radius 2 is 1.88 bits per heavy atom. The fourth-order valence-corrected chi connectivity index (χ4v) is 3.19. The predicted molar refractivity (Wildman–Crippen MR) is 90.9 cm³/mol. The van der Waals surface area contributed by atoms with Crippen molar-refractivity contribution in [2.45, 2.75) is 19.9 Å². The fourth-order valence-electron chi connectivity index (χ4n) is 3.19. The normalized spacial score (nSPS) is 20.7. The van der Waals surface area contributed by atoms with E-state index in [4.69, 9.17) is 4.52 Å². The molecular formula is C18H26N4O2+2. The smallest absolute Gasteiger partial charge is 0.231 e. The number of hydrogen-bond acceptors (Lipinski definition) is 3.